The smallest absolute Gasteiger partial charge is 0.304 e. The molecule has 0 saturated carbocycles. The fourth-order valence-corrected chi connectivity index (χ4v) is 4.73. The van der Waals surface area contributed by atoms with Crippen LogP contribution in [0, 0.1) is 0 Å². The number of carbonyl (C=O) groups is 2. The third-order valence-electron chi connectivity index (χ3n) is 1.13. The molecule has 0 aromatic rings. The van der Waals surface area contributed by atoms with E-state index in [1.165, 1.54) is 0 Å². The Hall–Kier alpha value is 0.220. The van der Waals surface area contributed by atoms with Crippen molar-refractivity contribution >= 4 is 51.6 Å². The van der Waals surface area contributed by atoms with Crippen molar-refractivity contribution in [3.05, 3.63) is 0 Å². The van der Waals surface area contributed by atoms with Crippen LogP contribution >= 0.6 is 39.6 Å². The van der Waals surface area contributed by atoms with Crippen LogP contribution in [0.25, 0.3) is 0 Å². The minimum atomic E-state index is -2.06. The zero-order valence-electron chi connectivity index (χ0n) is 7.11. The molecule has 0 aromatic carbocycles. The van der Waals surface area contributed by atoms with Gasteiger partial charge in [-0.3, -0.25) is 9.59 Å². The van der Waals surface area contributed by atoms with Gasteiger partial charge in [-0.15, -0.1) is 0 Å². The zero-order valence-corrected chi connectivity index (χ0v) is 10.3. The van der Waals surface area contributed by atoms with Crippen molar-refractivity contribution in [3.8, 4) is 0 Å². The molecule has 0 aliphatic heterocycles. The standard InChI is InChI=1S/C6H10Cl2O4S2/c7-14(8,4-2-6(11)12)13-3-1-5(9)10/h1-4H2,(H,9,10)(H,11,12). The van der Waals surface area contributed by atoms with Gasteiger partial charge in [-0.05, 0) is 28.9 Å². The van der Waals surface area contributed by atoms with E-state index in [2.05, 4.69) is 0 Å². The van der Waals surface area contributed by atoms with Crippen LogP contribution in [0.1, 0.15) is 12.8 Å². The molecule has 0 rings (SSSR count). The van der Waals surface area contributed by atoms with Crippen molar-refractivity contribution in [2.45, 2.75) is 12.8 Å². The SMILES string of the molecule is O=C(O)CCSS(Cl)(Cl)CCC(=O)O. The summed E-state index contributed by atoms with van der Waals surface area (Å²) in [5, 5.41) is 16.7. The molecule has 84 valence electrons. The number of rotatable bonds is 7. The van der Waals surface area contributed by atoms with Crippen LogP contribution < -0.4 is 0 Å². The fraction of sp³-hybridized carbons (Fsp3) is 0.667. The van der Waals surface area contributed by atoms with Gasteiger partial charge in [-0.2, -0.15) is 0 Å². The van der Waals surface area contributed by atoms with E-state index in [0.29, 0.717) is 5.75 Å². The number of aliphatic carboxylic acids is 2. The quantitative estimate of drug-likeness (QED) is 0.702. The van der Waals surface area contributed by atoms with Crippen LogP contribution in [0.2, 0.25) is 0 Å². The highest BCUT2D eigenvalue weighted by molar-refractivity contribution is 9.11. The van der Waals surface area contributed by atoms with E-state index in [1.54, 1.807) is 0 Å². The lowest BCUT2D eigenvalue weighted by molar-refractivity contribution is -0.137. The maximum atomic E-state index is 10.2. The van der Waals surface area contributed by atoms with Gasteiger partial charge in [0.1, 0.15) is 0 Å². The Bertz CT molecular complexity index is 222. The van der Waals surface area contributed by atoms with Crippen LogP contribution in [0.4, 0.5) is 0 Å². The molecule has 14 heavy (non-hydrogen) atoms. The molecule has 4 nitrogen and oxygen atoms in total. The summed E-state index contributed by atoms with van der Waals surface area (Å²) >= 11 is 0. The van der Waals surface area contributed by atoms with Gasteiger partial charge >= 0.3 is 11.9 Å². The molecule has 0 saturated heterocycles. The molecular formula is C6H10Cl2O4S2. The molecule has 0 aliphatic carbocycles. The monoisotopic (exact) mass is 280 g/mol. The van der Waals surface area contributed by atoms with Gasteiger partial charge in [0.15, 0.2) is 0 Å². The zero-order chi connectivity index (χ0) is 11.2. The number of hydrogen-bond acceptors (Lipinski definition) is 3. The van der Waals surface area contributed by atoms with E-state index in [4.69, 9.17) is 31.6 Å². The summed E-state index contributed by atoms with van der Waals surface area (Å²) in [5.74, 6) is -1.39. The summed E-state index contributed by atoms with van der Waals surface area (Å²) in [6, 6.07) is 0. The maximum Gasteiger partial charge on any atom is 0.304 e. The molecule has 0 fully saturated rings. The van der Waals surface area contributed by atoms with Gasteiger partial charge in [0.25, 0.3) is 0 Å². The summed E-state index contributed by atoms with van der Waals surface area (Å²) in [4.78, 5) is 20.4. The molecular weight excluding hydrogens is 271 g/mol. The molecule has 0 heterocycles. The van der Waals surface area contributed by atoms with Crippen LogP contribution in [0.5, 0.6) is 0 Å². The summed E-state index contributed by atoms with van der Waals surface area (Å²) in [5.41, 5.74) is 0. The minimum Gasteiger partial charge on any atom is -0.481 e. The second-order valence-electron chi connectivity index (χ2n) is 2.33. The summed E-state index contributed by atoms with van der Waals surface area (Å²) in [6.07, 6.45) is -0.117. The first kappa shape index (κ1) is 14.2. The second kappa shape index (κ2) is 6.66. The van der Waals surface area contributed by atoms with Crippen molar-refractivity contribution in [2.75, 3.05) is 11.5 Å². The number of hydrogen-bond donors (Lipinski definition) is 2. The van der Waals surface area contributed by atoms with Crippen molar-refractivity contribution in [1.82, 2.24) is 0 Å². The average molecular weight is 281 g/mol. The second-order valence-corrected chi connectivity index (χ2v) is 11.6. The lowest BCUT2D eigenvalue weighted by Gasteiger charge is -2.22. The lowest BCUT2D eigenvalue weighted by Crippen LogP contribution is -2.01. The topological polar surface area (TPSA) is 74.6 Å². The third kappa shape index (κ3) is 8.80. The molecule has 0 amide bonds. The summed E-state index contributed by atoms with van der Waals surface area (Å²) < 4.78 is 0. The highest BCUT2D eigenvalue weighted by Gasteiger charge is 2.20. The van der Waals surface area contributed by atoms with E-state index in [-0.39, 0.29) is 18.6 Å². The van der Waals surface area contributed by atoms with Crippen molar-refractivity contribution in [1.29, 1.82) is 0 Å². The Morgan fingerprint density at radius 2 is 1.64 bits per heavy atom. The van der Waals surface area contributed by atoms with Crippen LogP contribution in [0.15, 0.2) is 0 Å². The molecule has 2 N–H and O–H groups in total. The maximum absolute atomic E-state index is 10.2. The molecule has 0 atom stereocenters. The third-order valence-corrected chi connectivity index (χ3v) is 7.08. The van der Waals surface area contributed by atoms with Crippen molar-refractivity contribution in [3.63, 3.8) is 0 Å². The summed E-state index contributed by atoms with van der Waals surface area (Å²) in [7, 11) is 10.7. The van der Waals surface area contributed by atoms with Gasteiger partial charge in [0.05, 0.1) is 12.8 Å². The molecule has 0 bridgehead atoms. The van der Waals surface area contributed by atoms with Gasteiger partial charge in [0, 0.05) is 11.5 Å². The Morgan fingerprint density at radius 1 is 1.14 bits per heavy atom. The van der Waals surface area contributed by atoms with Gasteiger partial charge in [0.2, 0.25) is 0 Å². The number of carboxylic acids is 2. The Labute approximate surface area is 95.7 Å². The van der Waals surface area contributed by atoms with E-state index in [1.807, 2.05) is 0 Å². The van der Waals surface area contributed by atoms with Crippen LogP contribution in [0.3, 0.4) is 0 Å². The summed E-state index contributed by atoms with van der Waals surface area (Å²) in [6.45, 7) is 0. The van der Waals surface area contributed by atoms with Crippen LogP contribution in [-0.2, 0) is 9.59 Å². The number of carboxylic acid groups (broad SMARTS) is 2. The molecule has 8 heteroatoms. The van der Waals surface area contributed by atoms with Crippen LogP contribution in [-0.4, -0.2) is 33.7 Å². The highest BCUT2D eigenvalue weighted by atomic mass is 36.0. The van der Waals surface area contributed by atoms with E-state index in [9.17, 15) is 9.59 Å². The highest BCUT2D eigenvalue weighted by Crippen LogP contribution is 2.69. The van der Waals surface area contributed by atoms with Crippen molar-refractivity contribution < 1.29 is 19.8 Å². The van der Waals surface area contributed by atoms with Gasteiger partial charge in [-0.25, -0.2) is 0 Å². The Balaban J connectivity index is 3.71. The molecule has 0 aromatic heterocycles. The molecule has 0 spiro atoms. The van der Waals surface area contributed by atoms with Gasteiger partial charge < -0.3 is 10.2 Å². The Morgan fingerprint density at radius 3 is 2.07 bits per heavy atom. The average Bonchev–Trinajstić information content (AvgIpc) is 2.00. The Kier molecular flexibility index (Phi) is 6.76. The molecule has 0 radical (unpaired) electrons. The predicted molar refractivity (Wildman–Crippen MR) is 61.1 cm³/mol. The molecule has 0 aliphatic rings. The first-order valence-corrected chi connectivity index (χ1v) is 8.57. The van der Waals surface area contributed by atoms with Crippen molar-refractivity contribution in [2.24, 2.45) is 0 Å². The molecule has 0 unspecified atom stereocenters. The minimum absolute atomic E-state index is 0.0219. The lowest BCUT2D eigenvalue weighted by atomic mass is 10.5. The van der Waals surface area contributed by atoms with E-state index >= 15 is 0 Å². The normalized spacial score (nSPS) is 12.4. The number of halogens is 2. The van der Waals surface area contributed by atoms with Gasteiger partial charge in [-0.1, -0.05) is 10.8 Å². The first-order chi connectivity index (χ1) is 6.33. The predicted octanol–water partition coefficient (Wildman–Crippen LogP) is 2.70. The van der Waals surface area contributed by atoms with E-state index < -0.39 is 19.4 Å². The largest absolute Gasteiger partial charge is 0.481 e. The fourth-order valence-electron chi connectivity index (χ4n) is 0.516. The van der Waals surface area contributed by atoms with E-state index in [0.717, 1.165) is 10.8 Å². The first-order valence-electron chi connectivity index (χ1n) is 3.62.